The molecule has 1 aromatic carbocycles. The van der Waals surface area contributed by atoms with Gasteiger partial charge in [-0.15, -0.1) is 11.3 Å². The molecule has 0 spiro atoms. The highest BCUT2D eigenvalue weighted by molar-refractivity contribution is 7.13. The highest BCUT2D eigenvalue weighted by Crippen LogP contribution is 2.33. The first kappa shape index (κ1) is 20.7. The van der Waals surface area contributed by atoms with E-state index in [4.69, 9.17) is 9.47 Å². The molecule has 0 bridgehead atoms. The maximum Gasteiger partial charge on any atom is 0.228 e. The summed E-state index contributed by atoms with van der Waals surface area (Å²) in [6.07, 6.45) is 3.47. The van der Waals surface area contributed by atoms with Gasteiger partial charge in [-0.25, -0.2) is 4.98 Å². The molecule has 2 aromatic rings. The second-order valence-corrected chi connectivity index (χ2v) is 8.58. The third-order valence-corrected chi connectivity index (χ3v) is 6.85. The quantitative estimate of drug-likeness (QED) is 0.706. The molecule has 30 heavy (non-hydrogen) atoms. The zero-order chi connectivity index (χ0) is 21.1. The first-order valence-corrected chi connectivity index (χ1v) is 11.2. The van der Waals surface area contributed by atoms with E-state index >= 15 is 0 Å². The van der Waals surface area contributed by atoms with Crippen molar-refractivity contribution in [1.29, 1.82) is 0 Å². The Morgan fingerprint density at radius 3 is 2.40 bits per heavy atom. The minimum absolute atomic E-state index is 0.0647. The van der Waals surface area contributed by atoms with Gasteiger partial charge in [0.05, 0.1) is 26.3 Å². The van der Waals surface area contributed by atoms with Crippen LogP contribution in [0.5, 0.6) is 11.5 Å². The number of carbonyl (C=O) groups excluding carboxylic acids is 2. The third kappa shape index (κ3) is 4.28. The number of carbonyl (C=O) groups is 2. The largest absolute Gasteiger partial charge is 0.493 e. The van der Waals surface area contributed by atoms with Crippen LogP contribution in [0.4, 0.5) is 0 Å². The number of piperazine rings is 1. The van der Waals surface area contributed by atoms with Crippen LogP contribution in [0.25, 0.3) is 10.6 Å². The van der Waals surface area contributed by atoms with Gasteiger partial charge in [0.25, 0.3) is 0 Å². The molecule has 2 fully saturated rings. The zero-order valence-corrected chi connectivity index (χ0v) is 18.2. The molecule has 0 unspecified atom stereocenters. The molecule has 0 radical (unpaired) electrons. The van der Waals surface area contributed by atoms with Crippen molar-refractivity contribution in [2.45, 2.75) is 25.7 Å². The molecule has 1 aromatic heterocycles. The number of hydrogen-bond acceptors (Lipinski definition) is 6. The SMILES string of the molecule is COc1ccc(-c2nc(CC(=O)N3CCN(C(=O)C4CCC4)CC3)cs2)cc1OC. The molecular formula is C22H27N3O4S. The number of nitrogens with zero attached hydrogens (tertiary/aromatic N) is 3. The molecule has 0 atom stereocenters. The molecule has 8 heteroatoms. The van der Waals surface area contributed by atoms with E-state index in [0.29, 0.717) is 37.7 Å². The Hall–Kier alpha value is -2.61. The van der Waals surface area contributed by atoms with Crippen LogP contribution in [0.3, 0.4) is 0 Å². The lowest BCUT2D eigenvalue weighted by Crippen LogP contribution is -2.52. The first-order chi connectivity index (χ1) is 14.6. The molecule has 2 aliphatic rings. The summed E-state index contributed by atoms with van der Waals surface area (Å²) in [5.74, 6) is 1.87. The number of methoxy groups -OCH3 is 2. The van der Waals surface area contributed by atoms with Gasteiger partial charge < -0.3 is 19.3 Å². The molecule has 0 N–H and O–H groups in total. The Morgan fingerprint density at radius 1 is 1.07 bits per heavy atom. The van der Waals surface area contributed by atoms with Gasteiger partial charge >= 0.3 is 0 Å². The number of thiazole rings is 1. The monoisotopic (exact) mass is 429 g/mol. The molecular weight excluding hydrogens is 402 g/mol. The molecule has 2 heterocycles. The lowest BCUT2D eigenvalue weighted by atomic mass is 9.84. The number of rotatable bonds is 6. The van der Waals surface area contributed by atoms with Crippen LogP contribution in [0.15, 0.2) is 23.6 Å². The van der Waals surface area contributed by atoms with Crippen LogP contribution in [0.1, 0.15) is 25.0 Å². The molecule has 1 aliphatic carbocycles. The van der Waals surface area contributed by atoms with Crippen molar-refractivity contribution in [3.63, 3.8) is 0 Å². The fourth-order valence-corrected chi connectivity index (χ4v) is 4.66. The van der Waals surface area contributed by atoms with E-state index in [0.717, 1.165) is 35.5 Å². The smallest absolute Gasteiger partial charge is 0.228 e. The van der Waals surface area contributed by atoms with E-state index in [1.165, 1.54) is 11.3 Å². The van der Waals surface area contributed by atoms with E-state index in [2.05, 4.69) is 4.98 Å². The normalized spacial score (nSPS) is 16.9. The summed E-state index contributed by atoms with van der Waals surface area (Å²) in [5, 5.41) is 2.77. The van der Waals surface area contributed by atoms with Gasteiger partial charge in [-0.1, -0.05) is 6.42 Å². The molecule has 160 valence electrons. The van der Waals surface area contributed by atoms with Gasteiger partial charge in [-0.2, -0.15) is 0 Å². The lowest BCUT2D eigenvalue weighted by Gasteiger charge is -2.38. The molecule has 2 amide bonds. The predicted molar refractivity (Wildman–Crippen MR) is 115 cm³/mol. The van der Waals surface area contributed by atoms with E-state index in [9.17, 15) is 9.59 Å². The first-order valence-electron chi connectivity index (χ1n) is 10.3. The minimum Gasteiger partial charge on any atom is -0.493 e. The number of hydrogen-bond donors (Lipinski definition) is 0. The minimum atomic E-state index is 0.0647. The average molecular weight is 430 g/mol. The fraction of sp³-hybridized carbons (Fsp3) is 0.500. The summed E-state index contributed by atoms with van der Waals surface area (Å²) < 4.78 is 10.6. The summed E-state index contributed by atoms with van der Waals surface area (Å²) in [6.45, 7) is 2.47. The Balaban J connectivity index is 1.34. The number of aromatic nitrogens is 1. The van der Waals surface area contributed by atoms with Crippen molar-refractivity contribution in [3.05, 3.63) is 29.3 Å². The molecule has 1 saturated carbocycles. The summed E-state index contributed by atoms with van der Waals surface area (Å²) >= 11 is 1.51. The third-order valence-electron chi connectivity index (χ3n) is 5.91. The van der Waals surface area contributed by atoms with Crippen molar-refractivity contribution >= 4 is 23.2 Å². The Bertz CT molecular complexity index is 917. The molecule has 1 aliphatic heterocycles. The van der Waals surface area contributed by atoms with Crippen molar-refractivity contribution in [2.75, 3.05) is 40.4 Å². The topological polar surface area (TPSA) is 72.0 Å². The van der Waals surface area contributed by atoms with Crippen LogP contribution in [-0.4, -0.2) is 67.0 Å². The Labute approximate surface area is 180 Å². The zero-order valence-electron chi connectivity index (χ0n) is 17.4. The van der Waals surface area contributed by atoms with Gasteiger partial charge in [-0.05, 0) is 31.0 Å². The highest BCUT2D eigenvalue weighted by atomic mass is 32.1. The molecule has 7 nitrogen and oxygen atoms in total. The van der Waals surface area contributed by atoms with Crippen molar-refractivity contribution < 1.29 is 19.1 Å². The molecule has 4 rings (SSSR count). The summed E-state index contributed by atoms with van der Waals surface area (Å²) in [7, 11) is 3.21. The van der Waals surface area contributed by atoms with Crippen LogP contribution >= 0.6 is 11.3 Å². The van der Waals surface area contributed by atoms with Gasteiger partial charge in [-0.3, -0.25) is 9.59 Å². The van der Waals surface area contributed by atoms with E-state index in [1.54, 1.807) is 14.2 Å². The number of ether oxygens (including phenoxy) is 2. The van der Waals surface area contributed by atoms with Gasteiger partial charge in [0.2, 0.25) is 11.8 Å². The Morgan fingerprint density at radius 2 is 1.77 bits per heavy atom. The van der Waals surface area contributed by atoms with Crippen molar-refractivity contribution in [2.24, 2.45) is 5.92 Å². The number of amides is 2. The molecule has 1 saturated heterocycles. The second kappa shape index (κ2) is 9.04. The maximum atomic E-state index is 12.7. The Kier molecular flexibility index (Phi) is 6.22. The summed E-state index contributed by atoms with van der Waals surface area (Å²) in [5.41, 5.74) is 1.70. The van der Waals surface area contributed by atoms with Gasteiger partial charge in [0.15, 0.2) is 11.5 Å². The van der Waals surface area contributed by atoms with Gasteiger partial charge in [0.1, 0.15) is 5.01 Å². The van der Waals surface area contributed by atoms with E-state index in [-0.39, 0.29) is 24.2 Å². The lowest BCUT2D eigenvalue weighted by molar-refractivity contribution is -0.143. The van der Waals surface area contributed by atoms with Crippen LogP contribution < -0.4 is 9.47 Å². The van der Waals surface area contributed by atoms with E-state index < -0.39 is 0 Å². The van der Waals surface area contributed by atoms with Crippen LogP contribution in [0, 0.1) is 5.92 Å². The maximum absolute atomic E-state index is 12.7. The second-order valence-electron chi connectivity index (χ2n) is 7.72. The highest BCUT2D eigenvalue weighted by Gasteiger charge is 2.32. The fourth-order valence-electron chi connectivity index (χ4n) is 3.85. The van der Waals surface area contributed by atoms with Crippen molar-refractivity contribution in [3.8, 4) is 22.1 Å². The van der Waals surface area contributed by atoms with Crippen LogP contribution in [-0.2, 0) is 16.0 Å². The van der Waals surface area contributed by atoms with Gasteiger partial charge in [0, 0.05) is 43.0 Å². The van der Waals surface area contributed by atoms with Crippen molar-refractivity contribution in [1.82, 2.24) is 14.8 Å². The number of benzene rings is 1. The van der Waals surface area contributed by atoms with E-state index in [1.807, 2.05) is 33.4 Å². The summed E-state index contributed by atoms with van der Waals surface area (Å²) in [4.78, 5) is 33.5. The summed E-state index contributed by atoms with van der Waals surface area (Å²) in [6, 6.07) is 5.68. The predicted octanol–water partition coefficient (Wildman–Crippen LogP) is 2.84. The van der Waals surface area contributed by atoms with Crippen LogP contribution in [0.2, 0.25) is 0 Å². The average Bonchev–Trinajstić information content (AvgIpc) is 3.20. The standard InChI is InChI=1S/C22H27N3O4S/c1-28-18-7-6-16(12-19(18)29-2)21-23-17(14-30-21)13-20(26)24-8-10-25(11-9-24)22(27)15-4-3-5-15/h6-7,12,14-15H,3-5,8-11,13H2,1-2H3.